The van der Waals surface area contributed by atoms with Gasteiger partial charge in [0.2, 0.25) is 5.91 Å². The Morgan fingerprint density at radius 2 is 2.11 bits per heavy atom. The van der Waals surface area contributed by atoms with Gasteiger partial charge in [-0.25, -0.2) is 9.78 Å². The Morgan fingerprint density at radius 3 is 2.84 bits per heavy atom. The Kier molecular flexibility index (Phi) is 2.52. The highest BCUT2D eigenvalue weighted by molar-refractivity contribution is 6.05. The number of nitrogens with zero attached hydrogens (tertiary/aromatic N) is 3. The molecular formula is C12H10N4O3. The molecule has 7 heteroatoms. The van der Waals surface area contributed by atoms with Crippen molar-refractivity contribution in [1.82, 2.24) is 14.7 Å². The van der Waals surface area contributed by atoms with Crippen LogP contribution < -0.4 is 10.2 Å². The van der Waals surface area contributed by atoms with E-state index in [1.165, 1.54) is 4.90 Å². The average molecular weight is 258 g/mol. The molecule has 0 atom stereocenters. The smallest absolute Gasteiger partial charge is 0.304 e. The second-order valence-corrected chi connectivity index (χ2v) is 4.19. The lowest BCUT2D eigenvalue weighted by atomic mass is 10.3. The van der Waals surface area contributed by atoms with Crippen molar-refractivity contribution in [1.29, 1.82) is 0 Å². The second kappa shape index (κ2) is 4.20. The van der Waals surface area contributed by atoms with E-state index in [1.807, 2.05) is 0 Å². The van der Waals surface area contributed by atoms with Crippen LogP contribution in [-0.2, 0) is 4.79 Å². The first-order chi connectivity index (χ1) is 9.17. The number of anilines is 1. The van der Waals surface area contributed by atoms with E-state index >= 15 is 0 Å². The minimum absolute atomic E-state index is 0.270. The summed E-state index contributed by atoms with van der Waals surface area (Å²) < 4.78 is 1.67. The summed E-state index contributed by atoms with van der Waals surface area (Å²) in [6.45, 7) is 0.339. The number of hydrogen-bond donors (Lipinski definition) is 1. The van der Waals surface area contributed by atoms with E-state index in [1.54, 1.807) is 28.9 Å². The van der Waals surface area contributed by atoms with Crippen LogP contribution in [0.1, 0.15) is 16.9 Å². The van der Waals surface area contributed by atoms with Crippen molar-refractivity contribution in [2.24, 2.45) is 0 Å². The summed E-state index contributed by atoms with van der Waals surface area (Å²) in [5.41, 5.74) is 1.60. The lowest BCUT2D eigenvalue weighted by Crippen LogP contribution is -2.49. The molecule has 1 fully saturated rings. The highest BCUT2D eigenvalue weighted by atomic mass is 16.2. The molecule has 3 heterocycles. The fourth-order valence-corrected chi connectivity index (χ4v) is 2.03. The molecule has 96 valence electrons. The van der Waals surface area contributed by atoms with Gasteiger partial charge in [-0.1, -0.05) is 0 Å². The van der Waals surface area contributed by atoms with E-state index in [9.17, 15) is 14.4 Å². The number of fused-ring (bicyclic) bond motifs is 1. The zero-order chi connectivity index (χ0) is 13.4. The van der Waals surface area contributed by atoms with Gasteiger partial charge in [0.25, 0.3) is 0 Å². The lowest BCUT2D eigenvalue weighted by molar-refractivity contribution is -0.120. The van der Waals surface area contributed by atoms with Gasteiger partial charge >= 0.3 is 6.03 Å². The van der Waals surface area contributed by atoms with E-state index in [0.717, 1.165) is 0 Å². The highest BCUT2D eigenvalue weighted by Gasteiger charge is 2.24. The molecule has 3 rings (SSSR count). The molecule has 0 aliphatic carbocycles. The zero-order valence-electron chi connectivity index (χ0n) is 9.87. The normalized spacial score (nSPS) is 15.7. The number of carbonyl (C=O) groups is 3. The molecule has 0 aromatic carbocycles. The molecule has 1 saturated heterocycles. The van der Waals surface area contributed by atoms with Crippen LogP contribution in [-0.4, -0.2) is 34.2 Å². The molecule has 2 aromatic heterocycles. The molecule has 3 amide bonds. The first-order valence-corrected chi connectivity index (χ1v) is 5.72. The fraction of sp³-hybridized carbons (Fsp3) is 0.167. The molecule has 0 bridgehead atoms. The Morgan fingerprint density at radius 1 is 1.26 bits per heavy atom. The summed E-state index contributed by atoms with van der Waals surface area (Å²) in [5, 5.41) is 2.26. The van der Waals surface area contributed by atoms with Crippen LogP contribution in [0, 0.1) is 0 Å². The first kappa shape index (κ1) is 11.4. The Hall–Kier alpha value is -2.70. The number of aromatic nitrogens is 2. The number of imidazole rings is 1. The van der Waals surface area contributed by atoms with Crippen molar-refractivity contribution >= 4 is 29.6 Å². The number of hydrogen-bond acceptors (Lipinski definition) is 4. The molecule has 0 radical (unpaired) electrons. The van der Waals surface area contributed by atoms with Crippen molar-refractivity contribution < 1.29 is 14.4 Å². The van der Waals surface area contributed by atoms with Crippen molar-refractivity contribution in [3.8, 4) is 0 Å². The van der Waals surface area contributed by atoms with Gasteiger partial charge in [0.05, 0.1) is 5.69 Å². The number of urea groups is 1. The van der Waals surface area contributed by atoms with Crippen LogP contribution in [0.15, 0.2) is 24.5 Å². The van der Waals surface area contributed by atoms with Crippen molar-refractivity contribution in [3.05, 3.63) is 30.2 Å². The molecule has 0 unspecified atom stereocenters. The van der Waals surface area contributed by atoms with Crippen LogP contribution >= 0.6 is 0 Å². The monoisotopic (exact) mass is 258 g/mol. The minimum atomic E-state index is -0.439. The number of aldehydes is 1. The maximum absolute atomic E-state index is 11.7. The molecule has 0 spiro atoms. The molecule has 1 aliphatic heterocycles. The number of carbonyl (C=O) groups excluding carboxylic acids is 3. The summed E-state index contributed by atoms with van der Waals surface area (Å²) in [5.74, 6) is -0.270. The Bertz CT molecular complexity index is 691. The number of nitrogens with one attached hydrogen (secondary N) is 1. The van der Waals surface area contributed by atoms with Gasteiger partial charge in [-0.05, 0) is 12.1 Å². The SMILES string of the molecule is O=Cc1cn2cc(N3CCC(=O)NC3=O)ccc2n1. The Labute approximate surface area is 107 Å². The Balaban J connectivity index is 1.98. The lowest BCUT2D eigenvalue weighted by Gasteiger charge is -2.26. The van der Waals surface area contributed by atoms with E-state index < -0.39 is 6.03 Å². The third-order valence-electron chi connectivity index (χ3n) is 2.94. The first-order valence-electron chi connectivity index (χ1n) is 5.72. The third kappa shape index (κ3) is 1.95. The van der Waals surface area contributed by atoms with Crippen LogP contribution in [0.2, 0.25) is 0 Å². The zero-order valence-corrected chi connectivity index (χ0v) is 9.87. The van der Waals surface area contributed by atoms with Crippen LogP contribution in [0.5, 0.6) is 0 Å². The van der Waals surface area contributed by atoms with Crippen LogP contribution in [0.4, 0.5) is 10.5 Å². The third-order valence-corrected chi connectivity index (χ3v) is 2.94. The maximum atomic E-state index is 11.7. The number of amides is 3. The van der Waals surface area contributed by atoms with Gasteiger partial charge in [0, 0.05) is 25.4 Å². The summed E-state index contributed by atoms with van der Waals surface area (Å²) in [6.07, 6.45) is 4.22. The summed E-state index contributed by atoms with van der Waals surface area (Å²) in [6, 6.07) is 3.00. The van der Waals surface area contributed by atoms with Gasteiger partial charge < -0.3 is 4.40 Å². The van der Waals surface area contributed by atoms with E-state index in [-0.39, 0.29) is 12.3 Å². The molecule has 1 aliphatic rings. The van der Waals surface area contributed by atoms with E-state index in [2.05, 4.69) is 10.3 Å². The summed E-state index contributed by atoms with van der Waals surface area (Å²) in [4.78, 5) is 39.0. The number of rotatable bonds is 2. The van der Waals surface area contributed by atoms with Crippen LogP contribution in [0.3, 0.4) is 0 Å². The van der Waals surface area contributed by atoms with Gasteiger partial charge in [0.1, 0.15) is 11.3 Å². The highest BCUT2D eigenvalue weighted by Crippen LogP contribution is 2.18. The molecule has 1 N–H and O–H groups in total. The molecule has 0 saturated carbocycles. The van der Waals surface area contributed by atoms with Gasteiger partial charge in [-0.15, -0.1) is 0 Å². The van der Waals surface area contributed by atoms with Gasteiger partial charge in [0.15, 0.2) is 6.29 Å². The largest absolute Gasteiger partial charge is 0.328 e. The standard InChI is InChI=1S/C12H10N4O3/c17-7-8-5-15-6-9(1-2-10(15)13-8)16-4-3-11(18)14-12(16)19/h1-2,5-7H,3-4H2,(H,14,18,19). The minimum Gasteiger partial charge on any atom is -0.304 e. The van der Waals surface area contributed by atoms with Crippen molar-refractivity contribution in [2.75, 3.05) is 11.4 Å². The second-order valence-electron chi connectivity index (χ2n) is 4.19. The molecule has 2 aromatic rings. The van der Waals surface area contributed by atoms with Crippen LogP contribution in [0.25, 0.3) is 5.65 Å². The van der Waals surface area contributed by atoms with E-state index in [0.29, 0.717) is 29.9 Å². The van der Waals surface area contributed by atoms with Crippen molar-refractivity contribution in [3.63, 3.8) is 0 Å². The molecule has 19 heavy (non-hydrogen) atoms. The predicted octanol–water partition coefficient (Wildman–Crippen LogP) is 0.593. The number of imide groups is 1. The quantitative estimate of drug-likeness (QED) is 0.799. The summed E-state index contributed by atoms with van der Waals surface area (Å²) in [7, 11) is 0. The molecule has 7 nitrogen and oxygen atoms in total. The predicted molar refractivity (Wildman–Crippen MR) is 66.1 cm³/mol. The topological polar surface area (TPSA) is 83.8 Å². The van der Waals surface area contributed by atoms with E-state index in [4.69, 9.17) is 0 Å². The number of pyridine rings is 1. The average Bonchev–Trinajstić information content (AvgIpc) is 2.80. The van der Waals surface area contributed by atoms with Gasteiger partial charge in [-0.2, -0.15) is 0 Å². The summed E-state index contributed by atoms with van der Waals surface area (Å²) >= 11 is 0. The fourth-order valence-electron chi connectivity index (χ4n) is 2.03. The molecular weight excluding hydrogens is 248 g/mol. The van der Waals surface area contributed by atoms with Gasteiger partial charge in [-0.3, -0.25) is 19.8 Å². The maximum Gasteiger partial charge on any atom is 0.328 e. The van der Waals surface area contributed by atoms with Crippen molar-refractivity contribution in [2.45, 2.75) is 6.42 Å².